The molecule has 182 valence electrons. The number of fused-ring (bicyclic) bond motifs is 2. The first kappa shape index (κ1) is 21.2. The van der Waals surface area contributed by atoms with Crippen molar-refractivity contribution in [2.45, 2.75) is 19.3 Å². The number of amides is 1. The zero-order valence-electron chi connectivity index (χ0n) is 19.9. The number of furan rings is 1. The number of ketones is 1. The van der Waals surface area contributed by atoms with Crippen molar-refractivity contribution in [2.75, 3.05) is 49.1 Å². The molecule has 2 aliphatic heterocycles. The van der Waals surface area contributed by atoms with Crippen molar-refractivity contribution >= 4 is 34.0 Å². The van der Waals surface area contributed by atoms with Crippen molar-refractivity contribution in [1.29, 1.82) is 0 Å². The first-order valence-corrected chi connectivity index (χ1v) is 12.6. The number of aromatic nitrogens is 1. The monoisotopic (exact) mass is 482 g/mol. The number of anilines is 2. The molecule has 8 heteroatoms. The van der Waals surface area contributed by atoms with E-state index in [9.17, 15) is 9.59 Å². The molecule has 36 heavy (non-hydrogen) atoms. The van der Waals surface area contributed by atoms with Gasteiger partial charge in [0.05, 0.1) is 28.6 Å². The van der Waals surface area contributed by atoms with E-state index >= 15 is 0 Å². The zero-order chi connectivity index (χ0) is 24.2. The summed E-state index contributed by atoms with van der Waals surface area (Å²) in [7, 11) is 0. The van der Waals surface area contributed by atoms with Gasteiger partial charge in [0, 0.05) is 50.4 Å². The maximum atomic E-state index is 13.9. The van der Waals surface area contributed by atoms with Crippen molar-refractivity contribution in [3.63, 3.8) is 0 Å². The molecule has 2 saturated heterocycles. The molecule has 8 nitrogen and oxygen atoms in total. The number of piperidine rings is 1. The van der Waals surface area contributed by atoms with Crippen LogP contribution in [0.2, 0.25) is 0 Å². The third-order valence-corrected chi connectivity index (χ3v) is 7.69. The Hall–Kier alpha value is -4.07. The van der Waals surface area contributed by atoms with Crippen LogP contribution in [-0.4, -0.2) is 61.0 Å². The van der Waals surface area contributed by atoms with Crippen LogP contribution in [0.15, 0.2) is 57.7 Å². The zero-order valence-corrected chi connectivity index (χ0v) is 19.9. The Kier molecular flexibility index (Phi) is 4.87. The summed E-state index contributed by atoms with van der Waals surface area (Å²) in [5.41, 5.74) is 4.79. The van der Waals surface area contributed by atoms with Crippen LogP contribution in [0.4, 0.5) is 11.4 Å². The maximum Gasteiger partial charge on any atom is 0.289 e. The van der Waals surface area contributed by atoms with Gasteiger partial charge in [0.25, 0.3) is 5.91 Å². The Labute approximate surface area is 208 Å². The van der Waals surface area contributed by atoms with Crippen molar-refractivity contribution in [3.8, 4) is 11.3 Å². The standard InChI is InChI=1S/C28H26N4O4/c33-26-18-7-2-3-8-19(18)27-24-23(26)20(17-21(25(24)29-36-27)30-10-4-1-5-11-30)31-12-14-32(15-13-31)28(34)22-9-6-16-35-22/h2-3,6-9,16-17H,1,4-5,10-15H2. The smallest absolute Gasteiger partial charge is 0.289 e. The van der Waals surface area contributed by atoms with E-state index in [1.807, 2.05) is 29.2 Å². The Morgan fingerprint density at radius 1 is 0.833 bits per heavy atom. The lowest BCUT2D eigenvalue weighted by molar-refractivity contribution is 0.0714. The van der Waals surface area contributed by atoms with Crippen LogP contribution >= 0.6 is 0 Å². The topological polar surface area (TPSA) is 83.0 Å². The van der Waals surface area contributed by atoms with E-state index < -0.39 is 0 Å². The van der Waals surface area contributed by atoms with Crippen LogP contribution < -0.4 is 9.80 Å². The van der Waals surface area contributed by atoms with Gasteiger partial charge >= 0.3 is 0 Å². The van der Waals surface area contributed by atoms with Gasteiger partial charge in [-0.25, -0.2) is 0 Å². The van der Waals surface area contributed by atoms with Gasteiger partial charge in [-0.2, -0.15) is 0 Å². The molecule has 7 rings (SSSR count). The molecule has 0 atom stereocenters. The van der Waals surface area contributed by atoms with Gasteiger partial charge in [-0.05, 0) is 37.5 Å². The molecule has 0 radical (unpaired) electrons. The molecular weight excluding hydrogens is 456 g/mol. The van der Waals surface area contributed by atoms with Gasteiger partial charge in [0.2, 0.25) is 0 Å². The van der Waals surface area contributed by atoms with E-state index in [1.54, 1.807) is 12.1 Å². The Bertz CT molecular complexity index is 1470. The van der Waals surface area contributed by atoms with Gasteiger partial charge in [0.15, 0.2) is 17.3 Å². The average Bonchev–Trinajstić information content (AvgIpc) is 3.63. The molecule has 2 aromatic heterocycles. The van der Waals surface area contributed by atoms with Crippen LogP contribution in [-0.2, 0) is 0 Å². The van der Waals surface area contributed by atoms with Gasteiger partial charge in [-0.3, -0.25) is 9.59 Å². The summed E-state index contributed by atoms with van der Waals surface area (Å²) < 4.78 is 11.2. The van der Waals surface area contributed by atoms with Crippen LogP contribution in [0.25, 0.3) is 22.2 Å². The molecule has 2 aromatic carbocycles. The molecular formula is C28H26N4O4. The number of nitrogens with zero attached hydrogens (tertiary/aromatic N) is 4. The summed E-state index contributed by atoms with van der Waals surface area (Å²) in [6.45, 7) is 4.28. The number of hydrogen-bond donors (Lipinski definition) is 0. The number of hydrogen-bond acceptors (Lipinski definition) is 7. The highest BCUT2D eigenvalue weighted by Gasteiger charge is 2.36. The van der Waals surface area contributed by atoms with Gasteiger partial charge < -0.3 is 23.6 Å². The Morgan fingerprint density at radius 3 is 2.33 bits per heavy atom. The average molecular weight is 483 g/mol. The third kappa shape index (κ3) is 3.17. The quantitative estimate of drug-likeness (QED) is 0.372. The predicted molar refractivity (Wildman–Crippen MR) is 136 cm³/mol. The van der Waals surface area contributed by atoms with Crippen LogP contribution in [0.5, 0.6) is 0 Å². The minimum Gasteiger partial charge on any atom is -0.459 e. The highest BCUT2D eigenvalue weighted by Crippen LogP contribution is 2.47. The maximum absolute atomic E-state index is 13.9. The van der Waals surface area contributed by atoms with Gasteiger partial charge in [-0.1, -0.05) is 29.4 Å². The molecule has 0 spiro atoms. The molecule has 1 amide bonds. The van der Waals surface area contributed by atoms with Crippen LogP contribution in [0, 0.1) is 0 Å². The van der Waals surface area contributed by atoms with E-state index in [-0.39, 0.29) is 11.7 Å². The van der Waals surface area contributed by atoms with Crippen molar-refractivity contribution < 1.29 is 18.5 Å². The molecule has 3 aliphatic rings. The second-order valence-electron chi connectivity index (χ2n) is 9.70. The second kappa shape index (κ2) is 8.26. The minimum absolute atomic E-state index is 0.000542. The first-order chi connectivity index (χ1) is 17.7. The summed E-state index contributed by atoms with van der Waals surface area (Å²) in [5, 5.41) is 5.31. The lowest BCUT2D eigenvalue weighted by Gasteiger charge is -2.38. The molecule has 4 heterocycles. The first-order valence-electron chi connectivity index (χ1n) is 12.6. The molecule has 4 aromatic rings. The number of carbonyl (C=O) groups is 2. The van der Waals surface area contributed by atoms with E-state index in [0.717, 1.165) is 53.8 Å². The van der Waals surface area contributed by atoms with Crippen molar-refractivity contribution in [1.82, 2.24) is 10.1 Å². The summed E-state index contributed by atoms with van der Waals surface area (Å²) >= 11 is 0. The summed E-state index contributed by atoms with van der Waals surface area (Å²) in [5.74, 6) is 0.924. The van der Waals surface area contributed by atoms with Gasteiger partial charge in [0.1, 0.15) is 5.52 Å². The third-order valence-electron chi connectivity index (χ3n) is 7.69. The SMILES string of the molecule is O=C1c2ccccc2-c2onc3c(N4CCCCC4)cc(N4CCN(C(=O)c5ccco5)CC4)c1c23. The van der Waals surface area contributed by atoms with Gasteiger partial charge in [-0.15, -0.1) is 0 Å². The van der Waals surface area contributed by atoms with E-state index in [4.69, 9.17) is 8.94 Å². The highest BCUT2D eigenvalue weighted by atomic mass is 16.5. The number of piperazine rings is 1. The minimum atomic E-state index is -0.100. The second-order valence-corrected chi connectivity index (χ2v) is 9.70. The number of benzene rings is 2. The fraction of sp³-hybridized carbons (Fsp3) is 0.321. The predicted octanol–water partition coefficient (Wildman–Crippen LogP) is 4.58. The largest absolute Gasteiger partial charge is 0.459 e. The van der Waals surface area contributed by atoms with Crippen LogP contribution in [0.3, 0.4) is 0 Å². The highest BCUT2D eigenvalue weighted by molar-refractivity contribution is 6.28. The van der Waals surface area contributed by atoms with Crippen molar-refractivity contribution in [2.24, 2.45) is 0 Å². The number of carbonyl (C=O) groups excluding carboxylic acids is 2. The Morgan fingerprint density at radius 2 is 1.58 bits per heavy atom. The normalized spacial score (nSPS) is 17.6. The summed E-state index contributed by atoms with van der Waals surface area (Å²) in [6.07, 6.45) is 5.02. The molecule has 2 fully saturated rings. The lowest BCUT2D eigenvalue weighted by Crippen LogP contribution is -2.49. The lowest BCUT2D eigenvalue weighted by atomic mass is 9.86. The fourth-order valence-electron chi connectivity index (χ4n) is 5.85. The fourth-order valence-corrected chi connectivity index (χ4v) is 5.85. The molecule has 0 saturated carbocycles. The molecule has 0 N–H and O–H groups in total. The van der Waals surface area contributed by atoms with Crippen molar-refractivity contribution in [3.05, 3.63) is 65.6 Å². The number of rotatable bonds is 3. The van der Waals surface area contributed by atoms with Crippen LogP contribution in [0.1, 0.15) is 45.7 Å². The van der Waals surface area contributed by atoms with E-state index in [2.05, 4.69) is 21.0 Å². The Balaban J connectivity index is 1.32. The summed E-state index contributed by atoms with van der Waals surface area (Å²) in [4.78, 5) is 33.1. The van der Waals surface area contributed by atoms with E-state index in [1.165, 1.54) is 12.7 Å². The molecule has 1 aliphatic carbocycles. The molecule has 0 bridgehead atoms. The van der Waals surface area contributed by atoms with E-state index in [0.29, 0.717) is 48.8 Å². The summed E-state index contributed by atoms with van der Waals surface area (Å²) in [6, 6.07) is 13.2. The molecule has 0 unspecified atom stereocenters.